The lowest BCUT2D eigenvalue weighted by atomic mass is 9.97. The van der Waals surface area contributed by atoms with Gasteiger partial charge < -0.3 is 28.4 Å². The maximum atomic E-state index is 11.7. The molecule has 2 aliphatic rings. The van der Waals surface area contributed by atoms with Gasteiger partial charge in [-0.3, -0.25) is 14.4 Å². The first-order valence-electron chi connectivity index (χ1n) is 8.84. The molecule has 9 heteroatoms. The zero-order valence-electron chi connectivity index (χ0n) is 15.7. The van der Waals surface area contributed by atoms with E-state index in [9.17, 15) is 14.4 Å². The topological polar surface area (TPSA) is 107 Å². The molecular weight excluding hydrogens is 372 g/mol. The smallest absolute Gasteiger partial charge is 0.305 e. The molecule has 28 heavy (non-hydrogen) atoms. The quantitative estimate of drug-likeness (QED) is 0.551. The van der Waals surface area contributed by atoms with Crippen LogP contribution in [-0.2, 0) is 42.8 Å². The van der Waals surface area contributed by atoms with Crippen LogP contribution in [0.4, 0.5) is 0 Å². The maximum Gasteiger partial charge on any atom is 0.305 e. The first-order chi connectivity index (χ1) is 13.3. The third kappa shape index (κ3) is 4.67. The second-order valence-electron chi connectivity index (χ2n) is 6.48. The summed E-state index contributed by atoms with van der Waals surface area (Å²) in [5.74, 6) is -1.88. The van der Waals surface area contributed by atoms with Gasteiger partial charge in [0.25, 0.3) is 0 Å². The van der Waals surface area contributed by atoms with Crippen LogP contribution in [-0.4, -0.2) is 55.2 Å². The molecule has 2 fully saturated rings. The van der Waals surface area contributed by atoms with Crippen LogP contribution in [0.2, 0.25) is 0 Å². The van der Waals surface area contributed by atoms with E-state index in [1.54, 1.807) is 0 Å². The molecule has 1 aromatic carbocycles. The van der Waals surface area contributed by atoms with E-state index in [-0.39, 0.29) is 6.61 Å². The van der Waals surface area contributed by atoms with E-state index in [0.29, 0.717) is 0 Å². The summed E-state index contributed by atoms with van der Waals surface area (Å²) < 4.78 is 33.3. The highest BCUT2D eigenvalue weighted by molar-refractivity contribution is 5.68. The van der Waals surface area contributed by atoms with Crippen LogP contribution < -0.4 is 0 Å². The Kier molecular flexibility index (Phi) is 6.28. The predicted octanol–water partition coefficient (Wildman–Crippen LogP) is 1.25. The Labute approximate surface area is 161 Å². The fraction of sp³-hybridized carbons (Fsp3) is 0.526. The summed E-state index contributed by atoms with van der Waals surface area (Å²) in [4.78, 5) is 34.8. The number of carbonyl (C=O) groups excluding carboxylic acids is 3. The van der Waals surface area contributed by atoms with Gasteiger partial charge in [-0.25, -0.2) is 0 Å². The van der Waals surface area contributed by atoms with E-state index in [0.717, 1.165) is 5.56 Å². The highest BCUT2D eigenvalue weighted by atomic mass is 16.8. The normalized spacial score (nSPS) is 32.0. The maximum absolute atomic E-state index is 11.7. The van der Waals surface area contributed by atoms with Crippen molar-refractivity contribution < 1.29 is 42.8 Å². The van der Waals surface area contributed by atoms with Crippen LogP contribution in [0.5, 0.6) is 0 Å². The van der Waals surface area contributed by atoms with Crippen molar-refractivity contribution >= 4 is 17.9 Å². The van der Waals surface area contributed by atoms with Crippen LogP contribution in [0, 0.1) is 0 Å². The first-order valence-corrected chi connectivity index (χ1v) is 8.84. The minimum absolute atomic E-state index is 0.104. The van der Waals surface area contributed by atoms with Gasteiger partial charge in [-0.1, -0.05) is 30.3 Å². The number of carbonyl (C=O) groups is 3. The van der Waals surface area contributed by atoms with Crippen LogP contribution >= 0.6 is 0 Å². The Morgan fingerprint density at radius 2 is 1.46 bits per heavy atom. The molecule has 0 radical (unpaired) electrons. The molecule has 1 aromatic rings. The van der Waals surface area contributed by atoms with E-state index < -0.39 is 54.9 Å². The van der Waals surface area contributed by atoms with E-state index in [4.69, 9.17) is 28.4 Å². The second-order valence-corrected chi connectivity index (χ2v) is 6.48. The first kappa shape index (κ1) is 20.2. The van der Waals surface area contributed by atoms with Gasteiger partial charge in [0, 0.05) is 26.3 Å². The van der Waals surface area contributed by atoms with E-state index >= 15 is 0 Å². The molecule has 6 atom stereocenters. The third-order valence-electron chi connectivity index (χ3n) is 4.24. The predicted molar refractivity (Wildman–Crippen MR) is 91.5 cm³/mol. The van der Waals surface area contributed by atoms with Crippen molar-refractivity contribution in [2.75, 3.05) is 6.61 Å². The van der Waals surface area contributed by atoms with Crippen LogP contribution in [0.3, 0.4) is 0 Å². The SMILES string of the molecule is CC(=O)OC1OC2COC(c3ccccc3)OC2C(OC(C)=O)C1OC(C)=O. The average molecular weight is 394 g/mol. The molecule has 0 spiro atoms. The highest BCUT2D eigenvalue weighted by Gasteiger charge is 2.54. The molecule has 152 valence electrons. The Morgan fingerprint density at radius 1 is 0.857 bits per heavy atom. The van der Waals surface area contributed by atoms with Crippen molar-refractivity contribution in [2.45, 2.75) is 57.8 Å². The van der Waals surface area contributed by atoms with Gasteiger partial charge in [0.1, 0.15) is 12.2 Å². The standard InChI is InChI=1S/C19H22O9/c1-10(20)24-16-15-14(9-23-18(28-15)13-7-5-4-6-8-13)27-19(26-12(3)22)17(16)25-11(2)21/h4-8,14-19H,9H2,1-3H3. The van der Waals surface area contributed by atoms with Crippen molar-refractivity contribution in [3.05, 3.63) is 35.9 Å². The lowest BCUT2D eigenvalue weighted by Crippen LogP contribution is -2.64. The summed E-state index contributed by atoms with van der Waals surface area (Å²) in [6.07, 6.45) is -5.68. The number of benzene rings is 1. The molecule has 2 aliphatic heterocycles. The Hall–Kier alpha value is -2.49. The Balaban J connectivity index is 1.88. The summed E-state index contributed by atoms with van der Waals surface area (Å²) in [6, 6.07) is 9.21. The third-order valence-corrected chi connectivity index (χ3v) is 4.24. The molecule has 3 rings (SSSR count). The van der Waals surface area contributed by atoms with Gasteiger partial charge in [-0.2, -0.15) is 0 Å². The summed E-state index contributed by atoms with van der Waals surface area (Å²) in [7, 11) is 0. The molecule has 9 nitrogen and oxygen atoms in total. The number of rotatable bonds is 4. The molecule has 0 amide bonds. The summed E-state index contributed by atoms with van der Waals surface area (Å²) in [6.45, 7) is 3.72. The van der Waals surface area contributed by atoms with Gasteiger partial charge in [0.15, 0.2) is 12.4 Å². The lowest BCUT2D eigenvalue weighted by molar-refractivity contribution is -0.356. The highest BCUT2D eigenvalue weighted by Crippen LogP contribution is 2.36. The van der Waals surface area contributed by atoms with Gasteiger partial charge in [-0.15, -0.1) is 0 Å². The van der Waals surface area contributed by atoms with E-state index in [1.165, 1.54) is 20.8 Å². The van der Waals surface area contributed by atoms with Crippen LogP contribution in [0.25, 0.3) is 0 Å². The molecule has 0 aromatic heterocycles. The van der Waals surface area contributed by atoms with Gasteiger partial charge >= 0.3 is 17.9 Å². The van der Waals surface area contributed by atoms with Crippen LogP contribution in [0.15, 0.2) is 30.3 Å². The molecule has 0 bridgehead atoms. The molecule has 2 heterocycles. The lowest BCUT2D eigenvalue weighted by Gasteiger charge is -2.47. The number of esters is 3. The summed E-state index contributed by atoms with van der Waals surface area (Å²) in [5, 5.41) is 0. The Morgan fingerprint density at radius 3 is 2.07 bits per heavy atom. The molecule has 6 unspecified atom stereocenters. The molecule has 0 N–H and O–H groups in total. The zero-order valence-corrected chi connectivity index (χ0v) is 15.7. The zero-order chi connectivity index (χ0) is 20.3. The number of ether oxygens (including phenoxy) is 6. The van der Waals surface area contributed by atoms with Gasteiger partial charge in [-0.05, 0) is 0 Å². The Bertz CT molecular complexity index is 719. The fourth-order valence-corrected chi connectivity index (χ4v) is 3.23. The van der Waals surface area contributed by atoms with Crippen molar-refractivity contribution in [1.82, 2.24) is 0 Å². The minimum atomic E-state index is -1.26. The molecule has 2 saturated heterocycles. The molecule has 0 aliphatic carbocycles. The van der Waals surface area contributed by atoms with Gasteiger partial charge in [0.05, 0.1) is 6.61 Å². The molecular formula is C19H22O9. The largest absolute Gasteiger partial charge is 0.455 e. The van der Waals surface area contributed by atoms with Crippen molar-refractivity contribution in [1.29, 1.82) is 0 Å². The minimum Gasteiger partial charge on any atom is -0.455 e. The summed E-state index contributed by atoms with van der Waals surface area (Å²) >= 11 is 0. The van der Waals surface area contributed by atoms with E-state index in [1.807, 2.05) is 30.3 Å². The van der Waals surface area contributed by atoms with Crippen molar-refractivity contribution in [2.24, 2.45) is 0 Å². The average Bonchev–Trinajstić information content (AvgIpc) is 2.64. The summed E-state index contributed by atoms with van der Waals surface area (Å²) in [5.41, 5.74) is 0.772. The van der Waals surface area contributed by atoms with Crippen molar-refractivity contribution in [3.63, 3.8) is 0 Å². The number of hydrogen-bond acceptors (Lipinski definition) is 9. The second kappa shape index (κ2) is 8.68. The van der Waals surface area contributed by atoms with E-state index in [2.05, 4.69) is 0 Å². The van der Waals surface area contributed by atoms with Crippen LogP contribution in [0.1, 0.15) is 32.6 Å². The van der Waals surface area contributed by atoms with Gasteiger partial charge in [0.2, 0.25) is 12.4 Å². The fourth-order valence-electron chi connectivity index (χ4n) is 3.23. The monoisotopic (exact) mass is 394 g/mol. The number of fused-ring (bicyclic) bond motifs is 1. The van der Waals surface area contributed by atoms with Crippen molar-refractivity contribution in [3.8, 4) is 0 Å². The molecule has 0 saturated carbocycles. The number of hydrogen-bond donors (Lipinski definition) is 0.